The molecule has 0 bridgehead atoms. The van der Waals surface area contributed by atoms with Crippen LogP contribution < -0.4 is 10.0 Å². The Labute approximate surface area is 140 Å². The molecule has 2 rings (SSSR count). The molecule has 1 heterocycles. The molecule has 0 saturated carbocycles. The minimum atomic E-state index is -4.17. The molecule has 0 spiro atoms. The number of hydrogen-bond acceptors (Lipinski definition) is 5. The third kappa shape index (κ3) is 4.60. The van der Waals surface area contributed by atoms with Gasteiger partial charge in [-0.3, -0.25) is 10.1 Å². The van der Waals surface area contributed by atoms with Gasteiger partial charge in [-0.05, 0) is 50.9 Å². The van der Waals surface area contributed by atoms with Gasteiger partial charge < -0.3 is 5.32 Å². The molecule has 2 N–H and O–H groups in total. The van der Waals surface area contributed by atoms with Crippen LogP contribution >= 0.6 is 12.4 Å². The Hall–Kier alpha value is -1.29. The van der Waals surface area contributed by atoms with E-state index in [0.717, 1.165) is 37.6 Å². The summed E-state index contributed by atoms with van der Waals surface area (Å²) in [5.74, 6) is -1.07. The van der Waals surface area contributed by atoms with Gasteiger partial charge in [0.1, 0.15) is 0 Å². The van der Waals surface area contributed by atoms with E-state index in [2.05, 4.69) is 10.0 Å². The van der Waals surface area contributed by atoms with Gasteiger partial charge in [0.2, 0.25) is 15.8 Å². The number of halogens is 2. The highest BCUT2D eigenvalue weighted by molar-refractivity contribution is 7.89. The van der Waals surface area contributed by atoms with Gasteiger partial charge in [0.15, 0.2) is 4.90 Å². The maximum Gasteiger partial charge on any atom is 0.324 e. The van der Waals surface area contributed by atoms with Crippen LogP contribution in [0, 0.1) is 21.8 Å². The van der Waals surface area contributed by atoms with Crippen molar-refractivity contribution in [2.24, 2.45) is 5.92 Å². The van der Waals surface area contributed by atoms with Gasteiger partial charge in [-0.1, -0.05) is 6.07 Å². The number of rotatable bonds is 5. The molecule has 0 amide bonds. The van der Waals surface area contributed by atoms with E-state index < -0.39 is 37.4 Å². The van der Waals surface area contributed by atoms with E-state index in [0.29, 0.717) is 6.54 Å². The van der Waals surface area contributed by atoms with Crippen molar-refractivity contribution < 1.29 is 17.7 Å². The second kappa shape index (κ2) is 8.00. The van der Waals surface area contributed by atoms with Crippen LogP contribution in [0.2, 0.25) is 0 Å². The lowest BCUT2D eigenvalue weighted by Gasteiger charge is -2.28. The summed E-state index contributed by atoms with van der Waals surface area (Å²) in [6.07, 6.45) is 1.80. The standard InChI is InChI=1S/C13H18FN3O4S.ClH/c1-9(10-4-3-7-15-8-10)16-22(20,21)12-6-2-5-11(14)13(12)17(18)19;/h2,5-6,9-10,15-16H,3-4,7-8H2,1H3;1H. The Kier molecular flexibility index (Phi) is 6.87. The molecule has 130 valence electrons. The predicted molar refractivity (Wildman–Crippen MR) is 85.7 cm³/mol. The number of nitro groups is 1. The van der Waals surface area contributed by atoms with Crippen LogP contribution in [0.25, 0.3) is 0 Å². The first-order valence-corrected chi connectivity index (χ1v) is 8.47. The molecule has 23 heavy (non-hydrogen) atoms. The highest BCUT2D eigenvalue weighted by Crippen LogP contribution is 2.27. The number of para-hydroxylation sites is 1. The number of hydrogen-bond donors (Lipinski definition) is 2. The van der Waals surface area contributed by atoms with Crippen molar-refractivity contribution in [1.29, 1.82) is 0 Å². The van der Waals surface area contributed by atoms with Crippen molar-refractivity contribution in [2.45, 2.75) is 30.7 Å². The summed E-state index contributed by atoms with van der Waals surface area (Å²) in [4.78, 5) is 9.28. The maximum atomic E-state index is 13.6. The quantitative estimate of drug-likeness (QED) is 0.610. The van der Waals surface area contributed by atoms with E-state index in [1.165, 1.54) is 0 Å². The molecule has 0 aliphatic carbocycles. The van der Waals surface area contributed by atoms with Crippen LogP contribution in [-0.4, -0.2) is 32.5 Å². The normalized spacial score (nSPS) is 19.7. The molecule has 1 aromatic carbocycles. The third-order valence-corrected chi connectivity index (χ3v) is 5.40. The molecule has 1 aliphatic rings. The molecule has 2 atom stereocenters. The minimum absolute atomic E-state index is 0. The monoisotopic (exact) mass is 367 g/mol. The molecule has 7 nitrogen and oxygen atoms in total. The number of nitrogens with zero attached hydrogens (tertiary/aromatic N) is 1. The smallest absolute Gasteiger partial charge is 0.316 e. The lowest BCUT2D eigenvalue weighted by molar-refractivity contribution is -0.390. The first kappa shape index (κ1) is 19.8. The fourth-order valence-corrected chi connectivity index (χ4v) is 4.09. The van der Waals surface area contributed by atoms with Gasteiger partial charge in [-0.2, -0.15) is 4.39 Å². The van der Waals surface area contributed by atoms with E-state index >= 15 is 0 Å². The summed E-state index contributed by atoms with van der Waals surface area (Å²) in [5.41, 5.74) is -1.02. The summed E-state index contributed by atoms with van der Waals surface area (Å²) in [7, 11) is -4.17. The van der Waals surface area contributed by atoms with E-state index in [-0.39, 0.29) is 18.3 Å². The molecule has 0 aromatic heterocycles. The minimum Gasteiger partial charge on any atom is -0.316 e. The Morgan fingerprint density at radius 3 is 2.74 bits per heavy atom. The largest absolute Gasteiger partial charge is 0.324 e. The zero-order valence-corrected chi connectivity index (χ0v) is 14.1. The Bertz CT molecular complexity index is 665. The van der Waals surface area contributed by atoms with Gasteiger partial charge in [0.25, 0.3) is 0 Å². The number of piperidine rings is 1. The lowest BCUT2D eigenvalue weighted by Crippen LogP contribution is -2.44. The number of benzene rings is 1. The Morgan fingerprint density at radius 1 is 1.48 bits per heavy atom. The molecule has 2 unspecified atom stereocenters. The van der Waals surface area contributed by atoms with Crippen molar-refractivity contribution in [3.8, 4) is 0 Å². The van der Waals surface area contributed by atoms with Crippen LogP contribution in [0.4, 0.5) is 10.1 Å². The third-order valence-electron chi connectivity index (χ3n) is 3.81. The second-order valence-electron chi connectivity index (χ2n) is 5.36. The van der Waals surface area contributed by atoms with Crippen molar-refractivity contribution in [3.63, 3.8) is 0 Å². The zero-order valence-electron chi connectivity index (χ0n) is 12.5. The fraction of sp³-hybridized carbons (Fsp3) is 0.538. The molecular formula is C13H19ClFN3O4S. The molecule has 1 aromatic rings. The van der Waals surface area contributed by atoms with Crippen molar-refractivity contribution in [1.82, 2.24) is 10.0 Å². The van der Waals surface area contributed by atoms with E-state index in [9.17, 15) is 22.9 Å². The fourth-order valence-electron chi connectivity index (χ4n) is 2.60. The van der Waals surface area contributed by atoms with E-state index in [4.69, 9.17) is 0 Å². The predicted octanol–water partition coefficient (Wildman–Crippen LogP) is 1.82. The summed E-state index contributed by atoms with van der Waals surface area (Å²) >= 11 is 0. The van der Waals surface area contributed by atoms with Crippen molar-refractivity contribution in [3.05, 3.63) is 34.1 Å². The lowest BCUT2D eigenvalue weighted by atomic mass is 9.94. The molecule has 0 radical (unpaired) electrons. The number of nitrogens with one attached hydrogen (secondary N) is 2. The van der Waals surface area contributed by atoms with E-state index in [1.54, 1.807) is 6.92 Å². The summed E-state index contributed by atoms with van der Waals surface area (Å²) in [6, 6.07) is 2.64. The first-order valence-electron chi connectivity index (χ1n) is 6.99. The molecule has 1 fully saturated rings. The summed E-state index contributed by atoms with van der Waals surface area (Å²) in [5, 5.41) is 14.1. The highest BCUT2D eigenvalue weighted by Gasteiger charge is 2.32. The van der Waals surface area contributed by atoms with Crippen LogP contribution in [0.1, 0.15) is 19.8 Å². The van der Waals surface area contributed by atoms with Gasteiger partial charge in [-0.25, -0.2) is 13.1 Å². The number of sulfonamides is 1. The second-order valence-corrected chi connectivity index (χ2v) is 7.04. The SMILES string of the molecule is CC(NS(=O)(=O)c1cccc(F)c1[N+](=O)[O-])C1CCCNC1.Cl. The van der Waals surface area contributed by atoms with Gasteiger partial charge in [0.05, 0.1) is 4.92 Å². The van der Waals surface area contributed by atoms with Crippen molar-refractivity contribution >= 4 is 28.1 Å². The number of nitro benzene ring substituents is 1. The Morgan fingerprint density at radius 2 is 2.17 bits per heavy atom. The average Bonchev–Trinajstić information content (AvgIpc) is 2.47. The van der Waals surface area contributed by atoms with Gasteiger partial charge in [-0.15, -0.1) is 12.4 Å². The van der Waals surface area contributed by atoms with Crippen molar-refractivity contribution in [2.75, 3.05) is 13.1 Å². The Balaban J connectivity index is 0.00000264. The van der Waals surface area contributed by atoms with Crippen LogP contribution in [0.15, 0.2) is 23.1 Å². The molecule has 10 heteroatoms. The highest BCUT2D eigenvalue weighted by atomic mass is 35.5. The summed E-state index contributed by atoms with van der Waals surface area (Å²) < 4.78 is 40.7. The van der Waals surface area contributed by atoms with Gasteiger partial charge in [0, 0.05) is 6.04 Å². The van der Waals surface area contributed by atoms with E-state index in [1.807, 2.05) is 0 Å². The van der Waals surface area contributed by atoms with Gasteiger partial charge >= 0.3 is 5.69 Å². The molecule has 1 aliphatic heterocycles. The topological polar surface area (TPSA) is 101 Å². The first-order chi connectivity index (χ1) is 10.3. The molecular weight excluding hydrogens is 349 g/mol. The van der Waals surface area contributed by atoms with Crippen LogP contribution in [0.5, 0.6) is 0 Å². The zero-order chi connectivity index (χ0) is 16.3. The van der Waals surface area contributed by atoms with Crippen LogP contribution in [-0.2, 0) is 10.0 Å². The molecule has 1 saturated heterocycles. The van der Waals surface area contributed by atoms with Crippen LogP contribution in [0.3, 0.4) is 0 Å². The maximum absolute atomic E-state index is 13.6. The summed E-state index contributed by atoms with van der Waals surface area (Å²) in [6.45, 7) is 3.28. The average molecular weight is 368 g/mol.